The van der Waals surface area contributed by atoms with E-state index in [1.807, 2.05) is 24.3 Å². The number of amides is 1. The summed E-state index contributed by atoms with van der Waals surface area (Å²) in [5.41, 5.74) is 1.03. The first kappa shape index (κ1) is 19.1. The predicted molar refractivity (Wildman–Crippen MR) is 112 cm³/mol. The Bertz CT molecular complexity index is 804. The molecule has 5 nitrogen and oxygen atoms in total. The number of benzene rings is 1. The number of carbonyl (C=O) groups excluding carboxylic acids is 2. The van der Waals surface area contributed by atoms with Crippen LogP contribution in [0.3, 0.4) is 0 Å². The third-order valence-electron chi connectivity index (χ3n) is 7.77. The van der Waals surface area contributed by atoms with E-state index in [2.05, 4.69) is 10.2 Å². The fourth-order valence-corrected chi connectivity index (χ4v) is 7.14. The second-order valence-corrected chi connectivity index (χ2v) is 10.5. The monoisotopic (exact) mass is 396 g/mol. The van der Waals surface area contributed by atoms with Crippen molar-refractivity contribution in [1.29, 1.82) is 0 Å². The summed E-state index contributed by atoms with van der Waals surface area (Å²) in [6.45, 7) is 3.54. The average molecular weight is 397 g/mol. The number of hydrogen-bond acceptors (Lipinski definition) is 4. The number of hydrogen-bond donors (Lipinski definition) is 2. The Morgan fingerprint density at radius 1 is 1.14 bits per heavy atom. The molecular weight excluding hydrogens is 364 g/mol. The first-order valence-corrected chi connectivity index (χ1v) is 11.2. The second kappa shape index (κ2) is 6.83. The zero-order chi connectivity index (χ0) is 20.2. The molecule has 0 spiro atoms. The molecule has 1 saturated heterocycles. The number of nitrogens with zero attached hydrogens (tertiary/aromatic N) is 1. The summed E-state index contributed by atoms with van der Waals surface area (Å²) in [6.07, 6.45) is 7.49. The zero-order valence-corrected chi connectivity index (χ0v) is 17.3. The smallest absolute Gasteiger partial charge is 0.251 e. The Morgan fingerprint density at radius 2 is 1.83 bits per heavy atom. The normalized spacial score (nSPS) is 37.7. The molecule has 6 rings (SSSR count). The predicted octanol–water partition coefficient (Wildman–Crippen LogP) is 3.31. The number of carbonyl (C=O) groups is 2. The van der Waals surface area contributed by atoms with Crippen molar-refractivity contribution in [3.63, 3.8) is 0 Å². The molecule has 3 unspecified atom stereocenters. The maximum absolute atomic E-state index is 13.0. The summed E-state index contributed by atoms with van der Waals surface area (Å²) in [6, 6.07) is 7.88. The molecule has 156 valence electrons. The van der Waals surface area contributed by atoms with Gasteiger partial charge in [-0.05, 0) is 93.9 Å². The standard InChI is InChI=1S/C24H32N2O3/c1-16(27)8-17-6-7-26(14-17)21-4-2-20(3-5-21)22(28)25-23-10-18-9-19(11-23)13-24(29,12-18)15-23/h2-5,17-19,29H,6-15H2,1H3,(H,25,28). The number of rotatable bonds is 5. The molecule has 2 N–H and O–H groups in total. The minimum atomic E-state index is -0.562. The molecule has 3 atom stereocenters. The van der Waals surface area contributed by atoms with E-state index in [-0.39, 0.29) is 17.2 Å². The molecule has 4 saturated carbocycles. The fraction of sp³-hybridized carbons (Fsp3) is 0.667. The van der Waals surface area contributed by atoms with Gasteiger partial charge >= 0.3 is 0 Å². The van der Waals surface area contributed by atoms with Crippen LogP contribution < -0.4 is 10.2 Å². The van der Waals surface area contributed by atoms with Crippen LogP contribution >= 0.6 is 0 Å². The molecule has 1 heterocycles. The highest BCUT2D eigenvalue weighted by Gasteiger charge is 2.57. The summed E-state index contributed by atoms with van der Waals surface area (Å²) in [4.78, 5) is 26.7. The summed E-state index contributed by atoms with van der Waals surface area (Å²) in [5, 5.41) is 14.2. The highest BCUT2D eigenvalue weighted by Crippen LogP contribution is 2.57. The molecule has 4 bridgehead atoms. The molecule has 5 fully saturated rings. The summed E-state index contributed by atoms with van der Waals surface area (Å²) >= 11 is 0. The van der Waals surface area contributed by atoms with Crippen molar-refractivity contribution in [2.24, 2.45) is 17.8 Å². The highest BCUT2D eigenvalue weighted by atomic mass is 16.3. The molecule has 5 aliphatic rings. The van der Waals surface area contributed by atoms with Gasteiger partial charge in [0.25, 0.3) is 5.91 Å². The molecule has 5 heteroatoms. The Balaban J connectivity index is 1.24. The van der Waals surface area contributed by atoms with Gasteiger partial charge in [-0.25, -0.2) is 0 Å². The van der Waals surface area contributed by atoms with Crippen molar-refractivity contribution in [2.75, 3.05) is 18.0 Å². The van der Waals surface area contributed by atoms with Gasteiger partial charge in [0.1, 0.15) is 5.78 Å². The van der Waals surface area contributed by atoms with Gasteiger partial charge in [0, 0.05) is 36.3 Å². The van der Waals surface area contributed by atoms with Gasteiger partial charge in [0.15, 0.2) is 0 Å². The molecule has 1 aliphatic heterocycles. The minimum Gasteiger partial charge on any atom is -0.390 e. The van der Waals surface area contributed by atoms with E-state index in [9.17, 15) is 14.7 Å². The first-order chi connectivity index (χ1) is 13.8. The minimum absolute atomic E-state index is 0.0158. The van der Waals surface area contributed by atoms with E-state index in [0.717, 1.165) is 50.9 Å². The van der Waals surface area contributed by atoms with Crippen LogP contribution in [0.4, 0.5) is 5.69 Å². The van der Waals surface area contributed by atoms with Crippen molar-refractivity contribution in [2.45, 2.75) is 69.4 Å². The van der Waals surface area contributed by atoms with Crippen molar-refractivity contribution < 1.29 is 14.7 Å². The van der Waals surface area contributed by atoms with E-state index < -0.39 is 5.60 Å². The van der Waals surface area contributed by atoms with Gasteiger partial charge < -0.3 is 20.1 Å². The van der Waals surface area contributed by atoms with Gasteiger partial charge in [0.2, 0.25) is 0 Å². The van der Waals surface area contributed by atoms with Gasteiger partial charge in [-0.3, -0.25) is 4.79 Å². The second-order valence-electron chi connectivity index (χ2n) is 10.5. The van der Waals surface area contributed by atoms with Crippen LogP contribution in [-0.4, -0.2) is 41.0 Å². The topological polar surface area (TPSA) is 69.6 Å². The molecule has 1 amide bonds. The van der Waals surface area contributed by atoms with Crippen molar-refractivity contribution >= 4 is 17.4 Å². The van der Waals surface area contributed by atoms with Crippen LogP contribution in [0.25, 0.3) is 0 Å². The van der Waals surface area contributed by atoms with E-state index in [0.29, 0.717) is 36.2 Å². The molecule has 0 aromatic heterocycles. The summed E-state index contributed by atoms with van der Waals surface area (Å²) < 4.78 is 0. The van der Waals surface area contributed by atoms with E-state index in [4.69, 9.17) is 0 Å². The number of anilines is 1. The molecule has 29 heavy (non-hydrogen) atoms. The van der Waals surface area contributed by atoms with E-state index in [1.54, 1.807) is 6.92 Å². The van der Waals surface area contributed by atoms with Crippen molar-refractivity contribution in [3.05, 3.63) is 29.8 Å². The number of Topliss-reactive ketones (excluding diaryl/α,β-unsaturated/α-hetero) is 1. The van der Waals surface area contributed by atoms with Gasteiger partial charge in [-0.15, -0.1) is 0 Å². The lowest BCUT2D eigenvalue weighted by atomic mass is 9.51. The molecule has 1 aromatic carbocycles. The summed E-state index contributed by atoms with van der Waals surface area (Å²) in [5.74, 6) is 1.80. The lowest BCUT2D eigenvalue weighted by Gasteiger charge is -2.60. The molecule has 1 aromatic rings. The Labute approximate surface area is 172 Å². The maximum atomic E-state index is 13.0. The molecule has 4 aliphatic carbocycles. The Morgan fingerprint density at radius 3 is 2.45 bits per heavy atom. The number of ketones is 1. The van der Waals surface area contributed by atoms with Crippen LogP contribution in [0.1, 0.15) is 68.6 Å². The van der Waals surface area contributed by atoms with Gasteiger partial charge in [-0.1, -0.05) is 0 Å². The average Bonchev–Trinajstić information content (AvgIpc) is 3.07. The van der Waals surface area contributed by atoms with Crippen LogP contribution in [0.15, 0.2) is 24.3 Å². The number of nitrogens with one attached hydrogen (secondary N) is 1. The highest BCUT2D eigenvalue weighted by molar-refractivity contribution is 5.95. The molecule has 0 radical (unpaired) electrons. The first-order valence-electron chi connectivity index (χ1n) is 11.2. The van der Waals surface area contributed by atoms with Crippen molar-refractivity contribution in [3.8, 4) is 0 Å². The van der Waals surface area contributed by atoms with E-state index >= 15 is 0 Å². The van der Waals surface area contributed by atoms with Crippen LogP contribution in [0, 0.1) is 17.8 Å². The quantitative estimate of drug-likeness (QED) is 0.801. The van der Waals surface area contributed by atoms with Crippen LogP contribution in [0.2, 0.25) is 0 Å². The third-order valence-corrected chi connectivity index (χ3v) is 7.77. The maximum Gasteiger partial charge on any atom is 0.251 e. The number of aliphatic hydroxyl groups is 1. The van der Waals surface area contributed by atoms with Gasteiger partial charge in [0.05, 0.1) is 5.60 Å². The third kappa shape index (κ3) is 3.70. The Kier molecular flexibility index (Phi) is 4.50. The fourth-order valence-electron chi connectivity index (χ4n) is 7.14. The van der Waals surface area contributed by atoms with E-state index in [1.165, 1.54) is 6.42 Å². The molecular formula is C24H32N2O3. The van der Waals surface area contributed by atoms with Gasteiger partial charge in [-0.2, -0.15) is 0 Å². The Hall–Kier alpha value is -1.88. The summed E-state index contributed by atoms with van der Waals surface area (Å²) in [7, 11) is 0. The lowest BCUT2D eigenvalue weighted by Crippen LogP contribution is -2.65. The lowest BCUT2D eigenvalue weighted by molar-refractivity contribution is -0.139. The van der Waals surface area contributed by atoms with Crippen molar-refractivity contribution in [1.82, 2.24) is 5.32 Å². The zero-order valence-electron chi connectivity index (χ0n) is 17.3. The van der Waals surface area contributed by atoms with Crippen LogP contribution in [-0.2, 0) is 4.79 Å². The van der Waals surface area contributed by atoms with Crippen LogP contribution in [0.5, 0.6) is 0 Å². The SMILES string of the molecule is CC(=O)CC1CCN(c2ccc(C(=O)NC34CC5CC(CC(O)(C5)C3)C4)cc2)C1. The largest absolute Gasteiger partial charge is 0.390 e.